The molecule has 44 heavy (non-hydrogen) atoms. The lowest BCUT2D eigenvalue weighted by atomic mass is 10.0. The van der Waals surface area contributed by atoms with Crippen LogP contribution in [0.3, 0.4) is 0 Å². The van der Waals surface area contributed by atoms with E-state index in [4.69, 9.17) is 39.2 Å². The smallest absolute Gasteiger partial charge is 0.485 e. The summed E-state index contributed by atoms with van der Waals surface area (Å²) >= 11 is 0. The van der Waals surface area contributed by atoms with E-state index in [0.717, 1.165) is 25.4 Å². The Hall–Kier alpha value is -3.39. The summed E-state index contributed by atoms with van der Waals surface area (Å²) in [6.07, 6.45) is -6.21. The molecule has 0 unspecified atom stereocenters. The number of halogens is 9. The van der Waals surface area contributed by atoms with E-state index in [1.54, 1.807) is 12.4 Å². The molecule has 0 aliphatic carbocycles. The quantitative estimate of drug-likeness (QED) is 0.398. The topological polar surface area (TPSA) is 150 Å². The predicted octanol–water partition coefficient (Wildman–Crippen LogP) is 3.69. The largest absolute Gasteiger partial charge is 0.490 e. The number of pyridine rings is 1. The van der Waals surface area contributed by atoms with Crippen LogP contribution < -0.4 is 4.74 Å². The van der Waals surface area contributed by atoms with Crippen LogP contribution >= 0.6 is 0 Å². The maximum absolute atomic E-state index is 10.6. The zero-order chi connectivity index (χ0) is 33.7. The molecular weight excluding hydrogens is 629 g/mol. The summed E-state index contributed by atoms with van der Waals surface area (Å²) in [7, 11) is 0. The van der Waals surface area contributed by atoms with Crippen molar-refractivity contribution in [1.29, 1.82) is 0 Å². The molecule has 0 spiro atoms. The molecule has 252 valence electrons. The third-order valence-corrected chi connectivity index (χ3v) is 6.14. The molecule has 3 saturated heterocycles. The molecule has 3 fully saturated rings. The van der Waals surface area contributed by atoms with Gasteiger partial charge in [0.05, 0.1) is 6.20 Å². The fourth-order valence-electron chi connectivity index (χ4n) is 4.23. The second kappa shape index (κ2) is 17.2. The van der Waals surface area contributed by atoms with Gasteiger partial charge in [-0.05, 0) is 50.9 Å². The van der Waals surface area contributed by atoms with Crippen molar-refractivity contribution in [2.75, 3.05) is 39.3 Å². The number of hydrogen-bond donors (Lipinski definition) is 3. The fourth-order valence-corrected chi connectivity index (χ4v) is 4.23. The Morgan fingerprint density at radius 2 is 1.36 bits per heavy atom. The summed E-state index contributed by atoms with van der Waals surface area (Å²) in [6, 6.07) is 4.43. The number of carboxylic acid groups (broad SMARTS) is 3. The molecule has 11 nitrogen and oxygen atoms in total. The van der Waals surface area contributed by atoms with E-state index in [0.29, 0.717) is 6.04 Å². The normalized spacial score (nSPS) is 22.2. The van der Waals surface area contributed by atoms with Crippen molar-refractivity contribution in [2.24, 2.45) is 0 Å². The van der Waals surface area contributed by atoms with E-state index in [1.807, 2.05) is 12.1 Å². The van der Waals surface area contributed by atoms with Crippen molar-refractivity contribution in [3.8, 4) is 5.75 Å². The van der Waals surface area contributed by atoms with Gasteiger partial charge in [-0.2, -0.15) is 39.5 Å². The fraction of sp³-hybridized carbons (Fsp3) is 0.667. The first-order chi connectivity index (χ1) is 20.2. The minimum Gasteiger partial charge on any atom is -0.485 e. The van der Waals surface area contributed by atoms with Crippen molar-refractivity contribution in [3.05, 3.63) is 24.5 Å². The van der Waals surface area contributed by atoms with Crippen LogP contribution in [0.15, 0.2) is 24.5 Å². The van der Waals surface area contributed by atoms with Crippen LogP contribution in [0, 0.1) is 0 Å². The summed E-state index contributed by atoms with van der Waals surface area (Å²) in [5.41, 5.74) is 0. The molecule has 0 radical (unpaired) electrons. The Bertz CT molecular complexity index is 979. The number of carbonyl (C=O) groups is 3. The average Bonchev–Trinajstić information content (AvgIpc) is 3.56. The molecule has 3 atom stereocenters. The maximum atomic E-state index is 10.6. The molecule has 0 bridgehead atoms. The molecule has 20 heteroatoms. The van der Waals surface area contributed by atoms with Gasteiger partial charge in [0.15, 0.2) is 0 Å². The summed E-state index contributed by atoms with van der Waals surface area (Å²) < 4.78 is 108. The van der Waals surface area contributed by atoms with Gasteiger partial charge in [-0.25, -0.2) is 14.4 Å². The Balaban J connectivity index is 0.000000379. The molecule has 4 heterocycles. The summed E-state index contributed by atoms with van der Waals surface area (Å²) in [4.78, 5) is 36.0. The second-order valence-corrected chi connectivity index (χ2v) is 9.34. The first-order valence-electron chi connectivity index (χ1n) is 12.8. The molecule has 3 aliphatic rings. The SMILES string of the molecule is O=C(O)C(F)(F)F.O=C(O)C(F)(F)F.O=C(O)C(F)(F)F.c1cncc(O[C@H]2CN(CCN3CCCC3)[C@@H]3CCCO[C@H]23)c1. The van der Waals surface area contributed by atoms with E-state index < -0.39 is 36.4 Å². The highest BCUT2D eigenvalue weighted by Crippen LogP contribution is 2.31. The lowest BCUT2D eigenvalue weighted by Gasteiger charge is -2.32. The number of rotatable bonds is 5. The lowest BCUT2D eigenvalue weighted by Crippen LogP contribution is -2.44. The Morgan fingerprint density at radius 3 is 1.80 bits per heavy atom. The minimum atomic E-state index is -5.08. The van der Waals surface area contributed by atoms with Crippen LogP contribution in [0.4, 0.5) is 39.5 Å². The van der Waals surface area contributed by atoms with Gasteiger partial charge < -0.3 is 29.7 Å². The van der Waals surface area contributed by atoms with Gasteiger partial charge in [0.1, 0.15) is 18.0 Å². The van der Waals surface area contributed by atoms with Crippen molar-refractivity contribution in [2.45, 2.75) is 62.5 Å². The minimum absolute atomic E-state index is 0.128. The van der Waals surface area contributed by atoms with Gasteiger partial charge in [0.25, 0.3) is 0 Å². The highest BCUT2D eigenvalue weighted by Gasteiger charge is 2.45. The highest BCUT2D eigenvalue weighted by molar-refractivity contribution is 5.73. The molecule has 1 aromatic heterocycles. The predicted molar refractivity (Wildman–Crippen MR) is 130 cm³/mol. The van der Waals surface area contributed by atoms with Crippen LogP contribution in [0.2, 0.25) is 0 Å². The molecular formula is C24H30F9N3O8. The Labute approximate surface area is 244 Å². The van der Waals surface area contributed by atoms with E-state index in [-0.39, 0.29) is 12.2 Å². The van der Waals surface area contributed by atoms with Crippen molar-refractivity contribution < 1.29 is 78.7 Å². The van der Waals surface area contributed by atoms with Crippen LogP contribution in [-0.4, -0.2) is 124 Å². The molecule has 0 amide bonds. The van der Waals surface area contributed by atoms with E-state index in [2.05, 4.69) is 14.8 Å². The van der Waals surface area contributed by atoms with E-state index in [9.17, 15) is 39.5 Å². The number of nitrogens with zero attached hydrogens (tertiary/aromatic N) is 3. The van der Waals surface area contributed by atoms with Gasteiger partial charge in [-0.15, -0.1) is 0 Å². The van der Waals surface area contributed by atoms with Crippen LogP contribution in [-0.2, 0) is 19.1 Å². The number of alkyl halides is 9. The molecule has 4 rings (SSSR count). The summed E-state index contributed by atoms with van der Waals surface area (Å²) in [5, 5.41) is 21.4. The number of aromatic nitrogens is 1. The first kappa shape index (κ1) is 38.6. The average molecular weight is 659 g/mol. The van der Waals surface area contributed by atoms with Gasteiger partial charge in [0.2, 0.25) is 0 Å². The molecule has 0 saturated carbocycles. The zero-order valence-corrected chi connectivity index (χ0v) is 22.7. The van der Waals surface area contributed by atoms with Crippen molar-refractivity contribution in [1.82, 2.24) is 14.8 Å². The third-order valence-electron chi connectivity index (χ3n) is 6.14. The summed E-state index contributed by atoms with van der Waals surface area (Å²) in [6.45, 7) is 6.70. The number of carboxylic acids is 3. The second-order valence-electron chi connectivity index (χ2n) is 9.34. The van der Waals surface area contributed by atoms with Gasteiger partial charge in [-0.3, -0.25) is 9.88 Å². The lowest BCUT2D eigenvalue weighted by molar-refractivity contribution is -0.193. The molecule has 1 aromatic rings. The monoisotopic (exact) mass is 659 g/mol. The molecule has 3 aliphatic heterocycles. The van der Waals surface area contributed by atoms with Gasteiger partial charge in [-0.1, -0.05) is 0 Å². The van der Waals surface area contributed by atoms with Crippen molar-refractivity contribution >= 4 is 17.9 Å². The zero-order valence-electron chi connectivity index (χ0n) is 22.7. The highest BCUT2D eigenvalue weighted by atomic mass is 19.4. The Kier molecular flexibility index (Phi) is 15.1. The number of hydrogen-bond acceptors (Lipinski definition) is 8. The number of aliphatic carboxylic acids is 3. The van der Waals surface area contributed by atoms with E-state index in [1.165, 1.54) is 45.3 Å². The standard InChI is InChI=1S/C18H27N3O2.3C2HF3O2/c1-2-9-20(8-1)10-11-21-14-17(18-16(21)6-4-12-22-18)23-15-5-3-7-19-13-15;3*3-2(4,5)1(6)7/h3,5,7,13,16-18H,1-2,4,6,8-12,14H2;3*(H,6,7)/t16-,17+,18+;;;/m1.../s1. The van der Waals surface area contributed by atoms with Crippen LogP contribution in [0.5, 0.6) is 5.75 Å². The van der Waals surface area contributed by atoms with E-state index >= 15 is 0 Å². The Morgan fingerprint density at radius 1 is 0.864 bits per heavy atom. The molecule has 3 N–H and O–H groups in total. The number of ether oxygens (including phenoxy) is 2. The molecule has 0 aromatic carbocycles. The van der Waals surface area contributed by atoms with Crippen LogP contribution in [0.1, 0.15) is 25.7 Å². The van der Waals surface area contributed by atoms with Gasteiger partial charge in [0, 0.05) is 38.5 Å². The maximum Gasteiger partial charge on any atom is 0.490 e. The first-order valence-corrected chi connectivity index (χ1v) is 12.8. The number of likely N-dealkylation sites (tertiary alicyclic amines) is 2. The van der Waals surface area contributed by atoms with Crippen LogP contribution in [0.25, 0.3) is 0 Å². The third kappa shape index (κ3) is 14.4. The van der Waals surface area contributed by atoms with Gasteiger partial charge >= 0.3 is 36.4 Å². The van der Waals surface area contributed by atoms with Crippen molar-refractivity contribution in [3.63, 3.8) is 0 Å². The number of fused-ring (bicyclic) bond motifs is 1. The summed E-state index contributed by atoms with van der Waals surface area (Å²) in [5.74, 6) is -7.42.